The van der Waals surface area contributed by atoms with Crippen LogP contribution in [0.2, 0.25) is 0 Å². The van der Waals surface area contributed by atoms with Gasteiger partial charge in [0, 0.05) is 6.54 Å². The summed E-state index contributed by atoms with van der Waals surface area (Å²) in [5.74, 6) is 0. The van der Waals surface area contributed by atoms with E-state index in [1.165, 1.54) is 5.56 Å². The quantitative estimate of drug-likeness (QED) is 0.440. The van der Waals surface area contributed by atoms with E-state index in [1.807, 2.05) is 31.2 Å². The highest BCUT2D eigenvalue weighted by molar-refractivity contribution is 7.74. The maximum atomic E-state index is 10.1. The molecule has 0 spiro atoms. The number of aryl methyl sites for hydroxylation is 1. The molecule has 0 bridgehead atoms. The van der Waals surface area contributed by atoms with Gasteiger partial charge in [0.25, 0.3) is 0 Å². The normalized spacial score (nSPS) is 12.7. The Hall–Kier alpha value is -0.750. The molecule has 0 aliphatic carbocycles. The Labute approximate surface area is 85.8 Å². The molecule has 0 saturated heterocycles. The van der Waals surface area contributed by atoms with Gasteiger partial charge in [-0.2, -0.15) is 4.21 Å². The lowest BCUT2D eigenvalue weighted by atomic mass is 10.1. The van der Waals surface area contributed by atoms with Crippen LogP contribution in [0.15, 0.2) is 24.3 Å². The summed E-state index contributed by atoms with van der Waals surface area (Å²) in [5, 5.41) is 2.88. The van der Waals surface area contributed by atoms with Gasteiger partial charge in [0.1, 0.15) is 6.73 Å². The van der Waals surface area contributed by atoms with E-state index >= 15 is 0 Å². The first kappa shape index (κ1) is 11.3. The standard InChI is InChI=1S/C9H13NO3S/c1-8-2-4-9(5-3-8)6-10-7-13-14(11)12/h2-5,10H,6-7H2,1H3,(H,11,12). The van der Waals surface area contributed by atoms with Crippen molar-refractivity contribution in [3.63, 3.8) is 0 Å². The molecule has 1 aromatic rings. The summed E-state index contributed by atoms with van der Waals surface area (Å²) in [7, 11) is 0. The first-order valence-corrected chi connectivity index (χ1v) is 5.22. The molecule has 0 radical (unpaired) electrons. The topological polar surface area (TPSA) is 58.6 Å². The highest BCUT2D eigenvalue weighted by Crippen LogP contribution is 2.02. The van der Waals surface area contributed by atoms with E-state index in [0.29, 0.717) is 6.54 Å². The average Bonchev–Trinajstić information content (AvgIpc) is 2.15. The summed E-state index contributed by atoms with van der Waals surface area (Å²) in [6.45, 7) is 2.71. The second-order valence-corrected chi connectivity index (χ2v) is 3.56. The van der Waals surface area contributed by atoms with E-state index in [9.17, 15) is 4.21 Å². The Kier molecular flexibility index (Phi) is 4.75. The lowest BCUT2D eigenvalue weighted by molar-refractivity contribution is 0.277. The van der Waals surface area contributed by atoms with E-state index < -0.39 is 11.4 Å². The molecule has 1 atom stereocenters. The van der Waals surface area contributed by atoms with Crippen LogP contribution in [0.25, 0.3) is 0 Å². The van der Waals surface area contributed by atoms with Crippen LogP contribution in [-0.4, -0.2) is 15.5 Å². The summed E-state index contributed by atoms with van der Waals surface area (Å²) < 4.78 is 22.8. The molecule has 1 aromatic carbocycles. The molecule has 14 heavy (non-hydrogen) atoms. The molecule has 0 saturated carbocycles. The van der Waals surface area contributed by atoms with Crippen molar-refractivity contribution < 1.29 is 12.9 Å². The van der Waals surface area contributed by atoms with Gasteiger partial charge in [-0.3, -0.25) is 14.1 Å². The van der Waals surface area contributed by atoms with Crippen LogP contribution in [0.4, 0.5) is 0 Å². The summed E-state index contributed by atoms with van der Waals surface area (Å²) >= 11 is -2.19. The van der Waals surface area contributed by atoms with Gasteiger partial charge in [0.2, 0.25) is 0 Å². The SMILES string of the molecule is Cc1ccc(CNCOS(=O)O)cc1. The number of nitrogens with one attached hydrogen (secondary N) is 1. The van der Waals surface area contributed by atoms with Crippen molar-refractivity contribution in [2.45, 2.75) is 13.5 Å². The van der Waals surface area contributed by atoms with E-state index in [-0.39, 0.29) is 6.73 Å². The molecule has 0 aliphatic rings. The van der Waals surface area contributed by atoms with Gasteiger partial charge >= 0.3 is 11.4 Å². The predicted octanol–water partition coefficient (Wildman–Crippen LogP) is 1.20. The third-order valence-electron chi connectivity index (χ3n) is 1.71. The second-order valence-electron chi connectivity index (χ2n) is 2.89. The maximum absolute atomic E-state index is 10.1. The minimum atomic E-state index is -2.19. The lowest BCUT2D eigenvalue weighted by Crippen LogP contribution is -2.17. The smallest absolute Gasteiger partial charge is 0.289 e. The minimum absolute atomic E-state index is 0.0665. The van der Waals surface area contributed by atoms with Gasteiger partial charge < -0.3 is 0 Å². The van der Waals surface area contributed by atoms with Crippen molar-refractivity contribution in [2.24, 2.45) is 0 Å². The van der Waals surface area contributed by atoms with E-state index in [4.69, 9.17) is 4.55 Å². The Morgan fingerprint density at radius 3 is 2.64 bits per heavy atom. The third kappa shape index (κ3) is 4.48. The summed E-state index contributed by atoms with van der Waals surface area (Å²) in [6.07, 6.45) is 0. The van der Waals surface area contributed by atoms with Crippen molar-refractivity contribution >= 4 is 11.4 Å². The lowest BCUT2D eigenvalue weighted by Gasteiger charge is -2.03. The van der Waals surface area contributed by atoms with Gasteiger partial charge in [0.15, 0.2) is 0 Å². The molecule has 0 amide bonds. The molecule has 0 fully saturated rings. The molecular formula is C9H13NO3S. The van der Waals surface area contributed by atoms with Crippen LogP contribution in [0.3, 0.4) is 0 Å². The van der Waals surface area contributed by atoms with Gasteiger partial charge in [-0.15, -0.1) is 0 Å². The molecule has 4 nitrogen and oxygen atoms in total. The van der Waals surface area contributed by atoms with Crippen molar-refractivity contribution in [1.82, 2.24) is 5.32 Å². The number of rotatable bonds is 5. The molecule has 0 heterocycles. The van der Waals surface area contributed by atoms with Crippen molar-refractivity contribution in [2.75, 3.05) is 6.73 Å². The first-order valence-electron chi connectivity index (χ1n) is 4.19. The van der Waals surface area contributed by atoms with Crippen molar-refractivity contribution in [3.05, 3.63) is 35.4 Å². The van der Waals surface area contributed by atoms with Crippen LogP contribution in [0, 0.1) is 6.92 Å². The Balaban J connectivity index is 2.25. The summed E-state index contributed by atoms with van der Waals surface area (Å²) in [4.78, 5) is 0. The Bertz CT molecular complexity index is 299. The molecule has 5 heteroatoms. The van der Waals surface area contributed by atoms with Gasteiger partial charge in [0.05, 0.1) is 0 Å². The van der Waals surface area contributed by atoms with Gasteiger partial charge in [-0.1, -0.05) is 29.8 Å². The molecule has 2 N–H and O–H groups in total. The molecule has 0 aromatic heterocycles. The maximum Gasteiger partial charge on any atom is 0.303 e. The average molecular weight is 215 g/mol. The fourth-order valence-electron chi connectivity index (χ4n) is 0.993. The van der Waals surface area contributed by atoms with E-state index in [2.05, 4.69) is 9.50 Å². The highest BCUT2D eigenvalue weighted by atomic mass is 32.2. The van der Waals surface area contributed by atoms with Crippen molar-refractivity contribution in [1.29, 1.82) is 0 Å². The van der Waals surface area contributed by atoms with Crippen LogP contribution >= 0.6 is 0 Å². The molecule has 78 valence electrons. The zero-order valence-corrected chi connectivity index (χ0v) is 8.71. The summed E-state index contributed by atoms with van der Waals surface area (Å²) in [6, 6.07) is 8.03. The highest BCUT2D eigenvalue weighted by Gasteiger charge is 1.94. The third-order valence-corrected chi connectivity index (χ3v) is 2.03. The number of hydrogen-bond acceptors (Lipinski definition) is 3. The second kappa shape index (κ2) is 5.87. The zero-order valence-electron chi connectivity index (χ0n) is 7.90. The Morgan fingerprint density at radius 2 is 2.07 bits per heavy atom. The van der Waals surface area contributed by atoms with Crippen LogP contribution < -0.4 is 5.32 Å². The van der Waals surface area contributed by atoms with Gasteiger partial charge in [-0.25, -0.2) is 0 Å². The van der Waals surface area contributed by atoms with Gasteiger partial charge in [-0.05, 0) is 12.5 Å². The molecule has 0 aliphatic heterocycles. The molecular weight excluding hydrogens is 202 g/mol. The summed E-state index contributed by atoms with van der Waals surface area (Å²) in [5.41, 5.74) is 2.32. The zero-order chi connectivity index (χ0) is 10.4. The van der Waals surface area contributed by atoms with Crippen molar-refractivity contribution in [3.8, 4) is 0 Å². The fourth-order valence-corrected chi connectivity index (χ4v) is 1.18. The number of benzene rings is 1. The van der Waals surface area contributed by atoms with E-state index in [1.54, 1.807) is 0 Å². The van der Waals surface area contributed by atoms with Crippen LogP contribution in [0.5, 0.6) is 0 Å². The Morgan fingerprint density at radius 1 is 1.43 bits per heavy atom. The number of hydrogen-bond donors (Lipinski definition) is 2. The molecule has 1 unspecified atom stereocenters. The minimum Gasteiger partial charge on any atom is -0.289 e. The molecule has 1 rings (SSSR count). The largest absolute Gasteiger partial charge is 0.303 e. The van der Waals surface area contributed by atoms with Crippen LogP contribution in [0.1, 0.15) is 11.1 Å². The fraction of sp³-hybridized carbons (Fsp3) is 0.333. The van der Waals surface area contributed by atoms with Crippen LogP contribution in [-0.2, 0) is 22.1 Å². The predicted molar refractivity (Wildman–Crippen MR) is 54.7 cm³/mol. The van der Waals surface area contributed by atoms with E-state index in [0.717, 1.165) is 5.56 Å². The monoisotopic (exact) mass is 215 g/mol. The first-order chi connectivity index (χ1) is 6.68.